The molecule has 0 aliphatic carbocycles. The number of Topliss-reactive ketones (excluding diaryl/α,β-unsaturated/α-hetero) is 1. The summed E-state index contributed by atoms with van der Waals surface area (Å²) in [5, 5.41) is 0. The van der Waals surface area contributed by atoms with E-state index < -0.39 is 17.2 Å². The summed E-state index contributed by atoms with van der Waals surface area (Å²) >= 11 is 0. The van der Waals surface area contributed by atoms with Crippen molar-refractivity contribution >= 4 is 5.78 Å². The number of ketones is 1. The van der Waals surface area contributed by atoms with Crippen molar-refractivity contribution in [3.63, 3.8) is 0 Å². The molecule has 1 aliphatic heterocycles. The maximum Gasteiger partial charge on any atom is 0.194 e. The van der Waals surface area contributed by atoms with E-state index in [-0.39, 0.29) is 11.3 Å². The minimum Gasteiger partial charge on any atom is -0.367 e. The van der Waals surface area contributed by atoms with Crippen LogP contribution in [0.1, 0.15) is 30.1 Å². The molecule has 86 valence electrons. The molecule has 1 aromatic rings. The Hall–Kier alpha value is -1.29. The van der Waals surface area contributed by atoms with Gasteiger partial charge < -0.3 is 4.74 Å². The second-order valence-corrected chi connectivity index (χ2v) is 4.17. The molecule has 1 fully saturated rings. The number of ether oxygens (including phenoxy) is 1. The molecule has 1 atom stereocenters. The van der Waals surface area contributed by atoms with E-state index >= 15 is 0 Å². The van der Waals surface area contributed by atoms with Crippen LogP contribution in [-0.4, -0.2) is 18.0 Å². The smallest absolute Gasteiger partial charge is 0.194 e. The lowest BCUT2D eigenvalue weighted by Crippen LogP contribution is -2.34. The molecule has 0 aromatic heterocycles. The minimum atomic E-state index is -0.930. The van der Waals surface area contributed by atoms with Crippen LogP contribution < -0.4 is 0 Å². The Morgan fingerprint density at radius 2 is 1.94 bits per heavy atom. The van der Waals surface area contributed by atoms with Gasteiger partial charge >= 0.3 is 0 Å². The van der Waals surface area contributed by atoms with Crippen LogP contribution in [0.2, 0.25) is 0 Å². The number of hydrogen-bond acceptors (Lipinski definition) is 2. The molecule has 0 spiro atoms. The van der Waals surface area contributed by atoms with Crippen molar-refractivity contribution in [2.24, 2.45) is 0 Å². The van der Waals surface area contributed by atoms with Crippen LogP contribution in [-0.2, 0) is 4.74 Å². The van der Waals surface area contributed by atoms with E-state index in [1.807, 2.05) is 0 Å². The highest BCUT2D eigenvalue weighted by Crippen LogP contribution is 2.29. The highest BCUT2D eigenvalue weighted by molar-refractivity contribution is 6.02. The fourth-order valence-electron chi connectivity index (χ4n) is 1.95. The van der Waals surface area contributed by atoms with Crippen LogP contribution in [0.15, 0.2) is 18.2 Å². The highest BCUT2D eigenvalue weighted by Gasteiger charge is 2.38. The molecule has 2 rings (SSSR count). The Kier molecular flexibility index (Phi) is 2.76. The van der Waals surface area contributed by atoms with E-state index in [0.29, 0.717) is 13.0 Å². The molecule has 1 unspecified atom stereocenters. The Morgan fingerprint density at radius 3 is 2.44 bits per heavy atom. The van der Waals surface area contributed by atoms with Crippen molar-refractivity contribution in [2.75, 3.05) is 6.61 Å². The topological polar surface area (TPSA) is 26.3 Å². The molecule has 1 aliphatic rings. The lowest BCUT2D eigenvalue weighted by molar-refractivity contribution is 0.0213. The summed E-state index contributed by atoms with van der Waals surface area (Å²) in [5.41, 5.74) is -0.901. The first kappa shape index (κ1) is 11.2. The third-order valence-electron chi connectivity index (χ3n) is 2.82. The standard InChI is InChI=1S/C12H12F2O2/c1-12(3-2-4-16-12)11(15)8-5-9(13)7-10(14)6-8/h5-7H,2-4H2,1H3. The molecule has 1 heterocycles. The van der Waals surface area contributed by atoms with Gasteiger partial charge in [-0.3, -0.25) is 4.79 Å². The highest BCUT2D eigenvalue weighted by atomic mass is 19.1. The first-order valence-corrected chi connectivity index (χ1v) is 5.16. The fourth-order valence-corrected chi connectivity index (χ4v) is 1.95. The molecular weight excluding hydrogens is 214 g/mol. The van der Waals surface area contributed by atoms with Gasteiger partial charge in [0, 0.05) is 18.2 Å². The monoisotopic (exact) mass is 226 g/mol. The van der Waals surface area contributed by atoms with Crippen molar-refractivity contribution in [1.29, 1.82) is 0 Å². The van der Waals surface area contributed by atoms with Gasteiger partial charge in [0.05, 0.1) is 0 Å². The molecule has 16 heavy (non-hydrogen) atoms. The normalized spacial score (nSPS) is 24.7. The van der Waals surface area contributed by atoms with Gasteiger partial charge in [-0.05, 0) is 31.9 Å². The van der Waals surface area contributed by atoms with Crippen LogP contribution in [0.3, 0.4) is 0 Å². The molecule has 0 bridgehead atoms. The molecule has 0 saturated carbocycles. The zero-order chi connectivity index (χ0) is 11.8. The van der Waals surface area contributed by atoms with E-state index in [1.165, 1.54) is 0 Å². The summed E-state index contributed by atoms with van der Waals surface area (Å²) in [6.07, 6.45) is 1.38. The predicted molar refractivity (Wildman–Crippen MR) is 54.3 cm³/mol. The number of benzene rings is 1. The van der Waals surface area contributed by atoms with Gasteiger partial charge in [0.25, 0.3) is 0 Å². The second-order valence-electron chi connectivity index (χ2n) is 4.17. The van der Waals surface area contributed by atoms with Gasteiger partial charge in [-0.25, -0.2) is 8.78 Å². The Morgan fingerprint density at radius 1 is 1.31 bits per heavy atom. The van der Waals surface area contributed by atoms with Gasteiger partial charge in [0.2, 0.25) is 0 Å². The average molecular weight is 226 g/mol. The van der Waals surface area contributed by atoms with Crippen LogP contribution in [0.5, 0.6) is 0 Å². The maximum absolute atomic E-state index is 13.0. The molecular formula is C12H12F2O2. The summed E-state index contributed by atoms with van der Waals surface area (Å²) in [6.45, 7) is 2.17. The number of hydrogen-bond donors (Lipinski definition) is 0. The Bertz CT molecular complexity index is 403. The summed E-state index contributed by atoms with van der Waals surface area (Å²) < 4.78 is 31.3. The third kappa shape index (κ3) is 1.97. The summed E-state index contributed by atoms with van der Waals surface area (Å²) in [6, 6.07) is 2.82. The average Bonchev–Trinajstić information content (AvgIpc) is 2.64. The van der Waals surface area contributed by atoms with Crippen molar-refractivity contribution in [3.05, 3.63) is 35.4 Å². The van der Waals surface area contributed by atoms with E-state index in [4.69, 9.17) is 4.74 Å². The summed E-state index contributed by atoms with van der Waals surface area (Å²) in [5.74, 6) is -1.85. The van der Waals surface area contributed by atoms with E-state index in [1.54, 1.807) is 6.92 Å². The molecule has 1 aromatic carbocycles. The number of carbonyl (C=O) groups is 1. The number of rotatable bonds is 2. The SMILES string of the molecule is CC1(C(=O)c2cc(F)cc(F)c2)CCCO1. The van der Waals surface area contributed by atoms with Gasteiger partial charge in [-0.2, -0.15) is 0 Å². The van der Waals surface area contributed by atoms with Crippen molar-refractivity contribution in [2.45, 2.75) is 25.4 Å². The largest absolute Gasteiger partial charge is 0.367 e. The fraction of sp³-hybridized carbons (Fsp3) is 0.417. The molecule has 0 radical (unpaired) electrons. The van der Waals surface area contributed by atoms with Crippen molar-refractivity contribution in [3.8, 4) is 0 Å². The molecule has 2 nitrogen and oxygen atoms in total. The Balaban J connectivity index is 2.33. The quantitative estimate of drug-likeness (QED) is 0.725. The zero-order valence-corrected chi connectivity index (χ0v) is 8.93. The van der Waals surface area contributed by atoms with E-state index in [0.717, 1.165) is 24.6 Å². The first-order valence-electron chi connectivity index (χ1n) is 5.16. The van der Waals surface area contributed by atoms with Gasteiger partial charge in [-0.15, -0.1) is 0 Å². The summed E-state index contributed by atoms with van der Waals surface area (Å²) in [7, 11) is 0. The van der Waals surface area contributed by atoms with E-state index in [9.17, 15) is 13.6 Å². The second kappa shape index (κ2) is 3.94. The van der Waals surface area contributed by atoms with Crippen LogP contribution >= 0.6 is 0 Å². The van der Waals surface area contributed by atoms with Crippen molar-refractivity contribution in [1.82, 2.24) is 0 Å². The lowest BCUT2D eigenvalue weighted by atomic mass is 9.92. The predicted octanol–water partition coefficient (Wildman–Crippen LogP) is 2.72. The van der Waals surface area contributed by atoms with Crippen molar-refractivity contribution < 1.29 is 18.3 Å². The van der Waals surface area contributed by atoms with Gasteiger partial charge in [0.15, 0.2) is 5.78 Å². The Labute approximate surface area is 92.2 Å². The van der Waals surface area contributed by atoms with Crippen LogP contribution in [0, 0.1) is 11.6 Å². The van der Waals surface area contributed by atoms with Crippen LogP contribution in [0.4, 0.5) is 8.78 Å². The molecule has 4 heteroatoms. The number of carbonyl (C=O) groups excluding carboxylic acids is 1. The van der Waals surface area contributed by atoms with E-state index in [2.05, 4.69) is 0 Å². The summed E-state index contributed by atoms with van der Waals surface area (Å²) in [4.78, 5) is 12.0. The van der Waals surface area contributed by atoms with Crippen LogP contribution in [0.25, 0.3) is 0 Å². The number of halogens is 2. The lowest BCUT2D eigenvalue weighted by Gasteiger charge is -2.21. The van der Waals surface area contributed by atoms with Gasteiger partial charge in [-0.1, -0.05) is 0 Å². The zero-order valence-electron chi connectivity index (χ0n) is 8.93. The molecule has 0 amide bonds. The molecule has 1 saturated heterocycles. The van der Waals surface area contributed by atoms with Gasteiger partial charge in [0.1, 0.15) is 17.2 Å². The third-order valence-corrected chi connectivity index (χ3v) is 2.82. The molecule has 0 N–H and O–H groups in total. The first-order chi connectivity index (χ1) is 7.51. The maximum atomic E-state index is 13.0. The minimum absolute atomic E-state index is 0.0295.